The molecule has 92 valence electrons. The third-order valence-electron chi connectivity index (χ3n) is 2.00. The normalized spacial score (nSPS) is 10.0. The fourth-order valence-electron chi connectivity index (χ4n) is 1.16. The van der Waals surface area contributed by atoms with E-state index < -0.39 is 18.5 Å². The number of nitrogens with one attached hydrogen (secondary N) is 1. The van der Waals surface area contributed by atoms with Gasteiger partial charge in [-0.1, -0.05) is 17.7 Å². The number of halogens is 1. The lowest BCUT2D eigenvalue weighted by molar-refractivity contribution is -0.143. The van der Waals surface area contributed by atoms with E-state index in [1.54, 1.807) is 25.1 Å². The summed E-state index contributed by atoms with van der Waals surface area (Å²) in [6, 6.07) is 5.13. The summed E-state index contributed by atoms with van der Waals surface area (Å²) in [6.07, 6.45) is 0. The van der Waals surface area contributed by atoms with E-state index >= 15 is 0 Å². The number of amides is 1. The SMILES string of the molecule is Cc1c(Cl)cccc1NC(=O)COCC(=O)O. The zero-order valence-electron chi connectivity index (χ0n) is 9.20. The smallest absolute Gasteiger partial charge is 0.329 e. The van der Waals surface area contributed by atoms with Crippen molar-refractivity contribution >= 4 is 29.2 Å². The number of carboxylic acids is 1. The van der Waals surface area contributed by atoms with E-state index in [1.807, 2.05) is 0 Å². The van der Waals surface area contributed by atoms with Gasteiger partial charge in [-0.15, -0.1) is 0 Å². The zero-order chi connectivity index (χ0) is 12.8. The number of rotatable bonds is 5. The molecule has 0 saturated carbocycles. The van der Waals surface area contributed by atoms with E-state index in [0.29, 0.717) is 10.7 Å². The van der Waals surface area contributed by atoms with Crippen molar-refractivity contribution in [2.45, 2.75) is 6.92 Å². The molecule has 2 N–H and O–H groups in total. The van der Waals surface area contributed by atoms with Crippen molar-refractivity contribution in [1.82, 2.24) is 0 Å². The maximum Gasteiger partial charge on any atom is 0.329 e. The van der Waals surface area contributed by atoms with Crippen LogP contribution in [0.15, 0.2) is 18.2 Å². The Kier molecular flexibility index (Phi) is 4.93. The van der Waals surface area contributed by atoms with E-state index in [2.05, 4.69) is 10.1 Å². The highest BCUT2D eigenvalue weighted by atomic mass is 35.5. The molecule has 1 aromatic rings. The number of carbonyl (C=O) groups is 2. The van der Waals surface area contributed by atoms with Crippen molar-refractivity contribution in [3.05, 3.63) is 28.8 Å². The predicted molar refractivity (Wildman–Crippen MR) is 63.3 cm³/mol. The van der Waals surface area contributed by atoms with E-state index in [9.17, 15) is 9.59 Å². The van der Waals surface area contributed by atoms with Crippen LogP contribution in [0.1, 0.15) is 5.56 Å². The average Bonchev–Trinajstić information content (AvgIpc) is 2.24. The number of benzene rings is 1. The van der Waals surface area contributed by atoms with Crippen molar-refractivity contribution in [1.29, 1.82) is 0 Å². The van der Waals surface area contributed by atoms with Gasteiger partial charge in [0.25, 0.3) is 0 Å². The van der Waals surface area contributed by atoms with Crippen molar-refractivity contribution in [3.8, 4) is 0 Å². The molecule has 17 heavy (non-hydrogen) atoms. The summed E-state index contributed by atoms with van der Waals surface area (Å²) < 4.78 is 4.65. The van der Waals surface area contributed by atoms with Crippen LogP contribution >= 0.6 is 11.6 Å². The highest BCUT2D eigenvalue weighted by Crippen LogP contribution is 2.22. The van der Waals surface area contributed by atoms with Crippen LogP contribution < -0.4 is 5.32 Å². The Morgan fingerprint density at radius 2 is 2.12 bits per heavy atom. The first-order valence-corrected chi connectivity index (χ1v) is 5.23. The second kappa shape index (κ2) is 6.22. The summed E-state index contributed by atoms with van der Waals surface area (Å²) in [5, 5.41) is 11.5. The van der Waals surface area contributed by atoms with E-state index in [-0.39, 0.29) is 6.61 Å². The second-order valence-corrected chi connectivity index (χ2v) is 3.75. The molecule has 0 heterocycles. The molecular weight excluding hydrogens is 246 g/mol. The maximum atomic E-state index is 11.4. The Balaban J connectivity index is 2.51. The number of carbonyl (C=O) groups excluding carboxylic acids is 1. The average molecular weight is 258 g/mol. The van der Waals surface area contributed by atoms with Gasteiger partial charge in [-0.05, 0) is 24.6 Å². The lowest BCUT2D eigenvalue weighted by atomic mass is 10.2. The summed E-state index contributed by atoms with van der Waals surface area (Å²) in [6.45, 7) is 0.969. The van der Waals surface area contributed by atoms with E-state index in [0.717, 1.165) is 5.56 Å². The van der Waals surface area contributed by atoms with Crippen LogP contribution in [-0.2, 0) is 14.3 Å². The van der Waals surface area contributed by atoms with Crippen LogP contribution in [0.5, 0.6) is 0 Å². The summed E-state index contributed by atoms with van der Waals surface area (Å²) in [7, 11) is 0. The van der Waals surface area contributed by atoms with Gasteiger partial charge in [0.1, 0.15) is 13.2 Å². The number of ether oxygens (including phenoxy) is 1. The summed E-state index contributed by atoms with van der Waals surface area (Å²) in [5.74, 6) is -1.53. The molecule has 1 aromatic carbocycles. The Bertz CT molecular complexity index is 433. The van der Waals surface area contributed by atoms with E-state index in [4.69, 9.17) is 16.7 Å². The molecule has 6 heteroatoms. The van der Waals surface area contributed by atoms with Gasteiger partial charge in [-0.25, -0.2) is 4.79 Å². The monoisotopic (exact) mass is 257 g/mol. The van der Waals surface area contributed by atoms with Crippen LogP contribution in [0.4, 0.5) is 5.69 Å². The van der Waals surface area contributed by atoms with Gasteiger partial charge in [-0.2, -0.15) is 0 Å². The van der Waals surface area contributed by atoms with Gasteiger partial charge < -0.3 is 15.2 Å². The number of aliphatic carboxylic acids is 1. The van der Waals surface area contributed by atoms with Crippen LogP contribution in [0, 0.1) is 6.92 Å². The maximum absolute atomic E-state index is 11.4. The van der Waals surface area contributed by atoms with Crippen molar-refractivity contribution < 1.29 is 19.4 Å². The third kappa shape index (κ3) is 4.42. The third-order valence-corrected chi connectivity index (χ3v) is 2.41. The first-order chi connectivity index (χ1) is 8.00. The summed E-state index contributed by atoms with van der Waals surface area (Å²) in [4.78, 5) is 21.5. The summed E-state index contributed by atoms with van der Waals surface area (Å²) >= 11 is 5.88. The first-order valence-electron chi connectivity index (χ1n) is 4.85. The molecule has 0 saturated heterocycles. The predicted octanol–water partition coefficient (Wildman–Crippen LogP) is 1.69. The van der Waals surface area contributed by atoms with Crippen LogP contribution in [-0.4, -0.2) is 30.2 Å². The molecule has 0 unspecified atom stereocenters. The fourth-order valence-corrected chi connectivity index (χ4v) is 1.33. The largest absolute Gasteiger partial charge is 0.480 e. The molecule has 0 bridgehead atoms. The molecular formula is C11H12ClNO4. The Morgan fingerprint density at radius 3 is 2.76 bits per heavy atom. The van der Waals surface area contributed by atoms with Gasteiger partial charge in [0.05, 0.1) is 0 Å². The number of hydrogen-bond donors (Lipinski definition) is 2. The minimum absolute atomic E-state index is 0.307. The molecule has 0 aliphatic carbocycles. The van der Waals surface area contributed by atoms with Crippen LogP contribution in [0.2, 0.25) is 5.02 Å². The number of hydrogen-bond acceptors (Lipinski definition) is 3. The zero-order valence-corrected chi connectivity index (χ0v) is 9.95. The molecule has 0 fully saturated rings. The molecule has 0 atom stereocenters. The van der Waals surface area contributed by atoms with Crippen molar-refractivity contribution in [2.75, 3.05) is 18.5 Å². The highest BCUT2D eigenvalue weighted by Gasteiger charge is 2.07. The van der Waals surface area contributed by atoms with Crippen LogP contribution in [0.3, 0.4) is 0 Å². The Hall–Kier alpha value is -1.59. The van der Waals surface area contributed by atoms with Gasteiger partial charge in [0.15, 0.2) is 0 Å². The van der Waals surface area contributed by atoms with Gasteiger partial charge in [-0.3, -0.25) is 4.79 Å². The number of anilines is 1. The minimum Gasteiger partial charge on any atom is -0.480 e. The first kappa shape index (κ1) is 13.5. The standard InChI is InChI=1S/C11H12ClNO4/c1-7-8(12)3-2-4-9(7)13-10(14)5-17-6-11(15)16/h2-4H,5-6H2,1H3,(H,13,14)(H,15,16). The minimum atomic E-state index is -1.11. The molecule has 0 aliphatic rings. The van der Waals surface area contributed by atoms with Gasteiger partial charge >= 0.3 is 5.97 Å². The topological polar surface area (TPSA) is 75.6 Å². The number of carboxylic acid groups (broad SMARTS) is 1. The molecule has 0 aliphatic heterocycles. The fraction of sp³-hybridized carbons (Fsp3) is 0.273. The lowest BCUT2D eigenvalue weighted by Gasteiger charge is -2.09. The van der Waals surface area contributed by atoms with Gasteiger partial charge in [0, 0.05) is 10.7 Å². The van der Waals surface area contributed by atoms with E-state index in [1.165, 1.54) is 0 Å². The second-order valence-electron chi connectivity index (χ2n) is 3.35. The molecule has 0 aromatic heterocycles. The van der Waals surface area contributed by atoms with Crippen molar-refractivity contribution in [2.24, 2.45) is 0 Å². The van der Waals surface area contributed by atoms with Gasteiger partial charge in [0.2, 0.25) is 5.91 Å². The van der Waals surface area contributed by atoms with Crippen LogP contribution in [0.25, 0.3) is 0 Å². The lowest BCUT2D eigenvalue weighted by Crippen LogP contribution is -2.21. The molecule has 1 rings (SSSR count). The van der Waals surface area contributed by atoms with Crippen molar-refractivity contribution in [3.63, 3.8) is 0 Å². The molecule has 1 amide bonds. The Morgan fingerprint density at radius 1 is 1.41 bits per heavy atom. The quantitative estimate of drug-likeness (QED) is 0.842. The molecule has 0 spiro atoms. The summed E-state index contributed by atoms with van der Waals surface area (Å²) in [5.41, 5.74) is 1.34. The molecule has 5 nitrogen and oxygen atoms in total. The highest BCUT2D eigenvalue weighted by molar-refractivity contribution is 6.31. The molecule has 0 radical (unpaired) electrons. The Labute approximate surface area is 103 Å².